The summed E-state index contributed by atoms with van der Waals surface area (Å²) in [6.07, 6.45) is 3.56. The highest BCUT2D eigenvalue weighted by Crippen LogP contribution is 2.35. The lowest BCUT2D eigenvalue weighted by molar-refractivity contribution is -0.116. The minimum Gasteiger partial charge on any atom is -0.361 e. The Labute approximate surface area is 133 Å². The molecule has 0 spiro atoms. The molecular formula is C19H13N3O. The fourth-order valence-electron chi connectivity index (χ4n) is 3.05. The van der Waals surface area contributed by atoms with Crippen LogP contribution in [0.15, 0.2) is 60.8 Å². The Morgan fingerprint density at radius 3 is 2.78 bits per heavy atom. The Morgan fingerprint density at radius 1 is 1.13 bits per heavy atom. The highest BCUT2D eigenvalue weighted by molar-refractivity contribution is 6.06. The molecule has 3 aromatic rings. The number of anilines is 1. The number of rotatable bonds is 2. The second-order valence-corrected chi connectivity index (χ2v) is 5.49. The molecule has 1 amide bonds. The number of benzene rings is 2. The van der Waals surface area contributed by atoms with Crippen molar-refractivity contribution in [2.24, 2.45) is 0 Å². The first-order valence-corrected chi connectivity index (χ1v) is 7.36. The van der Waals surface area contributed by atoms with Gasteiger partial charge in [0.15, 0.2) is 0 Å². The molecule has 110 valence electrons. The van der Waals surface area contributed by atoms with Crippen molar-refractivity contribution >= 4 is 28.1 Å². The maximum Gasteiger partial charge on any atom is 0.235 e. The average molecular weight is 299 g/mol. The van der Waals surface area contributed by atoms with Crippen molar-refractivity contribution in [2.75, 3.05) is 5.32 Å². The summed E-state index contributed by atoms with van der Waals surface area (Å²) in [6.45, 7) is 0. The number of nitrogens with one attached hydrogen (secondary N) is 2. The number of aromatic nitrogens is 1. The molecule has 2 heterocycles. The average Bonchev–Trinajstić information content (AvgIpc) is 3.14. The topological polar surface area (TPSA) is 68.7 Å². The number of nitrogens with zero attached hydrogens (tertiary/aromatic N) is 1. The van der Waals surface area contributed by atoms with Crippen LogP contribution in [0.1, 0.15) is 17.0 Å². The molecule has 0 saturated carbocycles. The van der Waals surface area contributed by atoms with E-state index in [2.05, 4.69) is 16.4 Å². The lowest BCUT2D eigenvalue weighted by Crippen LogP contribution is -2.10. The largest absolute Gasteiger partial charge is 0.361 e. The third-order valence-electron chi connectivity index (χ3n) is 4.17. The van der Waals surface area contributed by atoms with E-state index < -0.39 is 5.92 Å². The SMILES string of the molecule is N#C/C(=C/C1C(=O)Nc2ccccc21)c1c[nH]c2ccccc12. The van der Waals surface area contributed by atoms with Gasteiger partial charge in [0.25, 0.3) is 0 Å². The minimum atomic E-state index is -0.436. The predicted molar refractivity (Wildman–Crippen MR) is 89.7 cm³/mol. The fraction of sp³-hybridized carbons (Fsp3) is 0.0526. The van der Waals surface area contributed by atoms with Gasteiger partial charge in [-0.2, -0.15) is 5.26 Å². The van der Waals surface area contributed by atoms with Crippen LogP contribution >= 0.6 is 0 Å². The first-order chi connectivity index (χ1) is 11.3. The molecular weight excluding hydrogens is 286 g/mol. The zero-order valence-corrected chi connectivity index (χ0v) is 12.2. The Morgan fingerprint density at radius 2 is 1.91 bits per heavy atom. The smallest absolute Gasteiger partial charge is 0.235 e. The van der Waals surface area contributed by atoms with E-state index in [0.29, 0.717) is 5.57 Å². The van der Waals surface area contributed by atoms with Gasteiger partial charge in [0, 0.05) is 28.4 Å². The maximum atomic E-state index is 12.2. The summed E-state index contributed by atoms with van der Waals surface area (Å²) in [6, 6.07) is 17.6. The summed E-state index contributed by atoms with van der Waals surface area (Å²) >= 11 is 0. The molecule has 1 aliphatic rings. The van der Waals surface area contributed by atoms with Crippen molar-refractivity contribution in [1.29, 1.82) is 5.26 Å². The first-order valence-electron chi connectivity index (χ1n) is 7.36. The third-order valence-corrected chi connectivity index (χ3v) is 4.17. The van der Waals surface area contributed by atoms with Gasteiger partial charge in [-0.1, -0.05) is 36.4 Å². The van der Waals surface area contributed by atoms with E-state index in [0.717, 1.165) is 27.7 Å². The second kappa shape index (κ2) is 5.15. The highest BCUT2D eigenvalue weighted by atomic mass is 16.2. The normalized spacial score (nSPS) is 16.9. The van der Waals surface area contributed by atoms with Gasteiger partial charge >= 0.3 is 0 Å². The molecule has 4 heteroatoms. The molecule has 2 N–H and O–H groups in total. The summed E-state index contributed by atoms with van der Waals surface area (Å²) in [5, 5.41) is 13.4. The number of aromatic amines is 1. The molecule has 1 atom stereocenters. The van der Waals surface area contributed by atoms with Crippen LogP contribution < -0.4 is 5.32 Å². The quantitative estimate of drug-likeness (QED) is 0.706. The number of allylic oxidation sites excluding steroid dienone is 1. The molecule has 0 saturated heterocycles. The molecule has 0 fully saturated rings. The Balaban J connectivity index is 1.83. The van der Waals surface area contributed by atoms with Gasteiger partial charge in [0.1, 0.15) is 0 Å². The van der Waals surface area contributed by atoms with E-state index in [1.54, 1.807) is 6.08 Å². The van der Waals surface area contributed by atoms with Crippen molar-refractivity contribution in [3.05, 3.63) is 71.9 Å². The number of para-hydroxylation sites is 2. The number of H-pyrrole nitrogens is 1. The molecule has 4 nitrogen and oxygen atoms in total. The molecule has 1 aliphatic heterocycles. The van der Waals surface area contributed by atoms with Crippen LogP contribution in [0.5, 0.6) is 0 Å². The number of carbonyl (C=O) groups is 1. The first kappa shape index (κ1) is 13.4. The second-order valence-electron chi connectivity index (χ2n) is 5.49. The number of fused-ring (bicyclic) bond motifs is 2. The lowest BCUT2D eigenvalue weighted by Gasteiger charge is -2.04. The van der Waals surface area contributed by atoms with Crippen molar-refractivity contribution in [2.45, 2.75) is 5.92 Å². The standard InChI is InChI=1S/C19H13N3O/c20-10-12(16-11-21-17-7-3-1-6-14(16)17)9-15-13-5-2-4-8-18(13)22-19(15)23/h1-9,11,15,21H,(H,22,23)/b12-9-. The molecule has 0 radical (unpaired) electrons. The van der Waals surface area contributed by atoms with E-state index in [-0.39, 0.29) is 5.91 Å². The van der Waals surface area contributed by atoms with Crippen LogP contribution in [-0.2, 0) is 4.79 Å². The highest BCUT2D eigenvalue weighted by Gasteiger charge is 2.29. The Hall–Kier alpha value is -3.32. The van der Waals surface area contributed by atoms with Crippen LogP contribution in [0, 0.1) is 11.3 Å². The zero-order valence-electron chi connectivity index (χ0n) is 12.2. The predicted octanol–water partition coefficient (Wildman–Crippen LogP) is 3.81. The van der Waals surface area contributed by atoms with Gasteiger partial charge in [0.05, 0.1) is 17.6 Å². The van der Waals surface area contributed by atoms with E-state index in [9.17, 15) is 10.1 Å². The summed E-state index contributed by atoms with van der Waals surface area (Å²) in [5.74, 6) is -0.534. The van der Waals surface area contributed by atoms with E-state index >= 15 is 0 Å². The van der Waals surface area contributed by atoms with E-state index in [1.807, 2.05) is 54.7 Å². The Bertz CT molecular complexity index is 991. The van der Waals surface area contributed by atoms with Crippen LogP contribution in [0.3, 0.4) is 0 Å². The third kappa shape index (κ3) is 2.11. The summed E-state index contributed by atoms with van der Waals surface area (Å²) in [7, 11) is 0. The van der Waals surface area contributed by atoms with Crippen LogP contribution in [-0.4, -0.2) is 10.9 Å². The number of carbonyl (C=O) groups excluding carboxylic acids is 1. The van der Waals surface area contributed by atoms with Crippen LogP contribution in [0.2, 0.25) is 0 Å². The van der Waals surface area contributed by atoms with Crippen molar-refractivity contribution in [3.63, 3.8) is 0 Å². The van der Waals surface area contributed by atoms with Crippen LogP contribution in [0.4, 0.5) is 5.69 Å². The molecule has 0 aliphatic carbocycles. The van der Waals surface area contributed by atoms with Gasteiger partial charge in [-0.15, -0.1) is 0 Å². The van der Waals surface area contributed by atoms with Gasteiger partial charge < -0.3 is 10.3 Å². The van der Waals surface area contributed by atoms with Gasteiger partial charge in [-0.25, -0.2) is 0 Å². The van der Waals surface area contributed by atoms with Crippen molar-refractivity contribution < 1.29 is 4.79 Å². The summed E-state index contributed by atoms with van der Waals surface area (Å²) < 4.78 is 0. The molecule has 0 bridgehead atoms. The summed E-state index contributed by atoms with van der Waals surface area (Å²) in [4.78, 5) is 15.4. The minimum absolute atomic E-state index is 0.0983. The number of hydrogen-bond donors (Lipinski definition) is 2. The molecule has 2 aromatic carbocycles. The molecule has 1 unspecified atom stereocenters. The number of amides is 1. The molecule has 1 aromatic heterocycles. The number of nitriles is 1. The lowest BCUT2D eigenvalue weighted by atomic mass is 9.95. The summed E-state index contributed by atoms with van der Waals surface area (Å²) in [5.41, 5.74) is 4.01. The molecule has 4 rings (SSSR count). The van der Waals surface area contributed by atoms with Gasteiger partial charge in [0.2, 0.25) is 5.91 Å². The fourth-order valence-corrected chi connectivity index (χ4v) is 3.05. The van der Waals surface area contributed by atoms with Gasteiger partial charge in [-0.3, -0.25) is 4.79 Å². The van der Waals surface area contributed by atoms with Crippen molar-refractivity contribution in [3.8, 4) is 6.07 Å². The van der Waals surface area contributed by atoms with E-state index in [4.69, 9.17) is 0 Å². The molecule has 23 heavy (non-hydrogen) atoms. The Kier molecular flexibility index (Phi) is 2.99. The van der Waals surface area contributed by atoms with Crippen molar-refractivity contribution in [1.82, 2.24) is 4.98 Å². The monoisotopic (exact) mass is 299 g/mol. The number of hydrogen-bond acceptors (Lipinski definition) is 2. The van der Waals surface area contributed by atoms with Crippen LogP contribution in [0.25, 0.3) is 16.5 Å². The maximum absolute atomic E-state index is 12.2. The zero-order chi connectivity index (χ0) is 15.8. The van der Waals surface area contributed by atoms with E-state index in [1.165, 1.54) is 0 Å². The van der Waals surface area contributed by atoms with Gasteiger partial charge in [-0.05, 0) is 23.8 Å².